The summed E-state index contributed by atoms with van der Waals surface area (Å²) in [5, 5.41) is 1.41. The molecule has 0 bridgehead atoms. The second-order valence-electron chi connectivity index (χ2n) is 7.03. The number of hydrogen-bond acceptors (Lipinski definition) is 0. The number of allylic oxidation sites excluding steroid dienone is 1. The fourth-order valence-electron chi connectivity index (χ4n) is 4.06. The van der Waals surface area contributed by atoms with Crippen molar-refractivity contribution in [1.29, 1.82) is 0 Å². The van der Waals surface area contributed by atoms with Crippen LogP contribution in [-0.4, -0.2) is 4.98 Å². The van der Waals surface area contributed by atoms with Gasteiger partial charge in [0.05, 0.1) is 0 Å². The second kappa shape index (κ2) is 5.48. The number of benzene rings is 1. The van der Waals surface area contributed by atoms with Crippen molar-refractivity contribution >= 4 is 10.9 Å². The first-order valence-electron chi connectivity index (χ1n) is 8.85. The second-order valence-corrected chi connectivity index (χ2v) is 7.03. The SMILES string of the molecule is CCCC=C=CC(c1c[nH]c2ccccc12)(C1CC1)C1CC1. The minimum absolute atomic E-state index is 0.226. The van der Waals surface area contributed by atoms with Gasteiger partial charge in [0.1, 0.15) is 0 Å². The van der Waals surface area contributed by atoms with E-state index in [1.165, 1.54) is 48.6 Å². The Bertz CT molecular complexity index is 709. The minimum atomic E-state index is 0.226. The molecule has 0 saturated heterocycles. The lowest BCUT2D eigenvalue weighted by molar-refractivity contribution is 0.409. The molecule has 2 aromatic rings. The number of aromatic nitrogens is 1. The molecule has 2 saturated carbocycles. The maximum absolute atomic E-state index is 3.56. The molecule has 0 spiro atoms. The van der Waals surface area contributed by atoms with E-state index in [2.05, 4.69) is 60.3 Å². The van der Waals surface area contributed by atoms with E-state index in [4.69, 9.17) is 0 Å². The Morgan fingerprint density at radius 3 is 2.59 bits per heavy atom. The molecule has 1 nitrogen and oxygen atoms in total. The highest BCUT2D eigenvalue weighted by atomic mass is 14.7. The number of unbranched alkanes of at least 4 members (excludes halogenated alkanes) is 1. The molecule has 22 heavy (non-hydrogen) atoms. The van der Waals surface area contributed by atoms with Gasteiger partial charge in [-0.05, 0) is 67.7 Å². The number of aromatic amines is 1. The summed E-state index contributed by atoms with van der Waals surface area (Å²) < 4.78 is 0. The van der Waals surface area contributed by atoms with Gasteiger partial charge in [0.25, 0.3) is 0 Å². The van der Waals surface area contributed by atoms with Crippen molar-refractivity contribution in [2.24, 2.45) is 11.8 Å². The van der Waals surface area contributed by atoms with E-state index >= 15 is 0 Å². The van der Waals surface area contributed by atoms with Crippen LogP contribution in [0.15, 0.2) is 48.3 Å². The summed E-state index contributed by atoms with van der Waals surface area (Å²) in [6.45, 7) is 2.23. The number of nitrogens with one attached hydrogen (secondary N) is 1. The Labute approximate surface area is 133 Å². The molecular formula is C21H25N. The minimum Gasteiger partial charge on any atom is -0.361 e. The van der Waals surface area contributed by atoms with E-state index in [9.17, 15) is 0 Å². The number of para-hydroxylation sites is 1. The van der Waals surface area contributed by atoms with E-state index in [0.717, 1.165) is 18.3 Å². The summed E-state index contributed by atoms with van der Waals surface area (Å²) in [5.41, 5.74) is 6.58. The zero-order valence-corrected chi connectivity index (χ0v) is 13.4. The molecular weight excluding hydrogens is 266 g/mol. The average Bonchev–Trinajstić information content (AvgIpc) is 3.45. The normalized spacial score (nSPS) is 18.2. The van der Waals surface area contributed by atoms with Crippen LogP contribution in [-0.2, 0) is 5.41 Å². The third kappa shape index (κ3) is 2.25. The van der Waals surface area contributed by atoms with Crippen LogP contribution < -0.4 is 0 Å². The first-order valence-corrected chi connectivity index (χ1v) is 8.85. The topological polar surface area (TPSA) is 15.8 Å². The maximum atomic E-state index is 3.56. The molecule has 2 fully saturated rings. The quantitative estimate of drug-likeness (QED) is 0.653. The molecule has 114 valence electrons. The molecule has 1 aromatic carbocycles. The molecule has 1 aromatic heterocycles. The molecule has 0 atom stereocenters. The lowest BCUT2D eigenvalue weighted by atomic mass is 9.71. The van der Waals surface area contributed by atoms with Crippen LogP contribution in [0.3, 0.4) is 0 Å². The summed E-state index contributed by atoms with van der Waals surface area (Å²) >= 11 is 0. The van der Waals surface area contributed by atoms with Crippen LogP contribution in [0.4, 0.5) is 0 Å². The average molecular weight is 291 g/mol. The monoisotopic (exact) mass is 291 g/mol. The predicted octanol–water partition coefficient (Wildman–Crippen LogP) is 5.74. The number of fused-ring (bicyclic) bond motifs is 1. The Balaban J connectivity index is 1.85. The summed E-state index contributed by atoms with van der Waals surface area (Å²) in [7, 11) is 0. The molecule has 1 N–H and O–H groups in total. The van der Waals surface area contributed by atoms with E-state index in [1.807, 2.05) is 0 Å². The zero-order valence-electron chi connectivity index (χ0n) is 13.4. The Morgan fingerprint density at radius 2 is 1.91 bits per heavy atom. The number of hydrogen-bond donors (Lipinski definition) is 1. The first kappa shape index (κ1) is 13.9. The van der Waals surface area contributed by atoms with Crippen LogP contribution in [0.5, 0.6) is 0 Å². The largest absolute Gasteiger partial charge is 0.361 e. The van der Waals surface area contributed by atoms with E-state index < -0.39 is 0 Å². The number of H-pyrrole nitrogens is 1. The Hall–Kier alpha value is -1.72. The van der Waals surface area contributed by atoms with Crippen LogP contribution in [0.2, 0.25) is 0 Å². The van der Waals surface area contributed by atoms with Crippen LogP contribution in [0.1, 0.15) is 51.0 Å². The van der Waals surface area contributed by atoms with E-state index in [-0.39, 0.29) is 5.41 Å². The van der Waals surface area contributed by atoms with Gasteiger partial charge >= 0.3 is 0 Å². The van der Waals surface area contributed by atoms with E-state index in [0.29, 0.717) is 0 Å². The zero-order chi connectivity index (χ0) is 15.0. The summed E-state index contributed by atoms with van der Waals surface area (Å²) in [5.74, 6) is 1.64. The molecule has 2 aliphatic rings. The molecule has 0 amide bonds. The van der Waals surface area contributed by atoms with Crippen LogP contribution >= 0.6 is 0 Å². The summed E-state index contributed by atoms with van der Waals surface area (Å²) in [6.07, 6.45) is 14.8. The van der Waals surface area contributed by atoms with Gasteiger partial charge < -0.3 is 4.98 Å². The Kier molecular flexibility index (Phi) is 3.47. The predicted molar refractivity (Wildman–Crippen MR) is 93.0 cm³/mol. The first-order chi connectivity index (χ1) is 10.9. The summed E-state index contributed by atoms with van der Waals surface area (Å²) in [6, 6.07) is 8.76. The highest BCUT2D eigenvalue weighted by Gasteiger charge is 2.54. The molecule has 2 aliphatic carbocycles. The van der Waals surface area contributed by atoms with Gasteiger partial charge in [-0.15, -0.1) is 5.73 Å². The van der Waals surface area contributed by atoms with Gasteiger partial charge in [-0.2, -0.15) is 0 Å². The fourth-order valence-corrected chi connectivity index (χ4v) is 4.06. The number of rotatable bonds is 6. The van der Waals surface area contributed by atoms with Crippen molar-refractivity contribution in [1.82, 2.24) is 4.98 Å². The van der Waals surface area contributed by atoms with Gasteiger partial charge in [0.2, 0.25) is 0 Å². The van der Waals surface area contributed by atoms with Gasteiger partial charge in [-0.3, -0.25) is 0 Å². The van der Waals surface area contributed by atoms with Crippen molar-refractivity contribution in [2.75, 3.05) is 0 Å². The van der Waals surface area contributed by atoms with Gasteiger partial charge in [-0.1, -0.05) is 31.5 Å². The van der Waals surface area contributed by atoms with E-state index in [1.54, 1.807) is 0 Å². The standard InChI is InChI=1S/C21H25N/c1-2-3-4-7-14-21(16-10-11-16,17-12-13-17)19-15-22-20-9-6-5-8-18(19)20/h4-6,8-9,14-17,22H,2-3,10-13H2,1H3. The molecule has 1 heteroatoms. The van der Waals surface area contributed by atoms with Crippen molar-refractivity contribution in [2.45, 2.75) is 50.9 Å². The van der Waals surface area contributed by atoms with Gasteiger partial charge in [-0.25, -0.2) is 0 Å². The van der Waals surface area contributed by atoms with Crippen molar-refractivity contribution < 1.29 is 0 Å². The maximum Gasteiger partial charge on any atom is 0.0457 e. The highest BCUT2D eigenvalue weighted by molar-refractivity contribution is 5.85. The third-order valence-corrected chi connectivity index (χ3v) is 5.43. The molecule has 1 heterocycles. The molecule has 0 aliphatic heterocycles. The summed E-state index contributed by atoms with van der Waals surface area (Å²) in [4.78, 5) is 3.50. The smallest absolute Gasteiger partial charge is 0.0457 e. The Morgan fingerprint density at radius 1 is 1.18 bits per heavy atom. The van der Waals surface area contributed by atoms with Crippen molar-refractivity contribution in [3.05, 3.63) is 53.9 Å². The lowest BCUT2D eigenvalue weighted by Gasteiger charge is -2.30. The van der Waals surface area contributed by atoms with Crippen molar-refractivity contribution in [3.63, 3.8) is 0 Å². The van der Waals surface area contributed by atoms with Crippen molar-refractivity contribution in [3.8, 4) is 0 Å². The van der Waals surface area contributed by atoms with Gasteiger partial charge in [0, 0.05) is 22.5 Å². The molecule has 0 unspecified atom stereocenters. The third-order valence-electron chi connectivity index (χ3n) is 5.43. The molecule has 4 rings (SSSR count). The van der Waals surface area contributed by atoms with Gasteiger partial charge in [0.15, 0.2) is 0 Å². The lowest BCUT2D eigenvalue weighted by Crippen LogP contribution is -2.28. The van der Waals surface area contributed by atoms with Crippen LogP contribution in [0, 0.1) is 11.8 Å². The fraction of sp³-hybridized carbons (Fsp3) is 0.476. The highest BCUT2D eigenvalue weighted by Crippen LogP contribution is 2.60. The molecule has 0 radical (unpaired) electrons. The van der Waals surface area contributed by atoms with Crippen LogP contribution in [0.25, 0.3) is 10.9 Å².